The van der Waals surface area contributed by atoms with Gasteiger partial charge in [0.25, 0.3) is 0 Å². The third-order valence-electron chi connectivity index (χ3n) is 2.21. The molecule has 0 aliphatic rings. The second-order valence-electron chi connectivity index (χ2n) is 3.36. The summed E-state index contributed by atoms with van der Waals surface area (Å²) in [7, 11) is 0. The second-order valence-corrected chi connectivity index (χ2v) is 3.36. The minimum atomic E-state index is -0.855. The Morgan fingerprint density at radius 3 is 2.73 bits per heavy atom. The van der Waals surface area contributed by atoms with E-state index in [2.05, 4.69) is 5.32 Å². The molecular weight excluding hydrogens is 203 g/mol. The van der Waals surface area contributed by atoms with Crippen molar-refractivity contribution < 1.29 is 13.2 Å². The summed E-state index contributed by atoms with van der Waals surface area (Å²) in [6.45, 7) is 1.76. The first-order chi connectivity index (χ1) is 7.16. The molecule has 0 aliphatic heterocycles. The van der Waals surface area contributed by atoms with E-state index in [0.717, 1.165) is 6.07 Å². The van der Waals surface area contributed by atoms with Crippen molar-refractivity contribution in [3.8, 4) is 0 Å². The highest BCUT2D eigenvalue weighted by Gasteiger charge is 2.12. The lowest BCUT2D eigenvalue weighted by Crippen LogP contribution is -2.21. The Morgan fingerprint density at radius 1 is 1.33 bits per heavy atom. The third kappa shape index (κ3) is 3.23. The highest BCUT2D eigenvalue weighted by molar-refractivity contribution is 5.21. The summed E-state index contributed by atoms with van der Waals surface area (Å²) in [5, 5.41) is 2.92. The van der Waals surface area contributed by atoms with Crippen molar-refractivity contribution in [3.63, 3.8) is 0 Å². The number of hydrogen-bond acceptors (Lipinski definition) is 1. The van der Waals surface area contributed by atoms with Gasteiger partial charge in [-0.15, -0.1) is 0 Å². The van der Waals surface area contributed by atoms with Crippen LogP contribution in [0.3, 0.4) is 0 Å². The molecule has 0 fully saturated rings. The first-order valence-corrected chi connectivity index (χ1v) is 4.90. The molecule has 1 unspecified atom stereocenters. The normalized spacial score (nSPS) is 12.8. The smallest absolute Gasteiger partial charge is 0.163 e. The number of benzene rings is 1. The molecule has 0 aliphatic carbocycles. The molecule has 0 radical (unpaired) electrons. The molecule has 0 spiro atoms. The van der Waals surface area contributed by atoms with E-state index < -0.39 is 18.3 Å². The van der Waals surface area contributed by atoms with E-state index in [9.17, 15) is 13.2 Å². The Bertz CT molecular complexity index is 315. The van der Waals surface area contributed by atoms with Gasteiger partial charge in [-0.3, -0.25) is 4.39 Å². The molecule has 0 bridgehead atoms. The van der Waals surface area contributed by atoms with Gasteiger partial charge in [-0.25, -0.2) is 8.78 Å². The van der Waals surface area contributed by atoms with Gasteiger partial charge in [0.2, 0.25) is 0 Å². The van der Waals surface area contributed by atoms with E-state index in [-0.39, 0.29) is 11.6 Å². The zero-order valence-electron chi connectivity index (χ0n) is 8.56. The molecule has 15 heavy (non-hydrogen) atoms. The number of nitrogens with one attached hydrogen (secondary N) is 1. The van der Waals surface area contributed by atoms with E-state index in [1.165, 1.54) is 12.1 Å². The van der Waals surface area contributed by atoms with Crippen LogP contribution in [0, 0.1) is 11.6 Å². The maximum atomic E-state index is 13.3. The molecule has 1 nitrogen and oxygen atoms in total. The molecule has 0 heterocycles. The van der Waals surface area contributed by atoms with Crippen molar-refractivity contribution in [2.45, 2.75) is 19.4 Å². The van der Waals surface area contributed by atoms with E-state index >= 15 is 0 Å². The van der Waals surface area contributed by atoms with Gasteiger partial charge in [-0.2, -0.15) is 0 Å². The average Bonchev–Trinajstić information content (AvgIpc) is 2.22. The number of rotatable bonds is 5. The summed E-state index contributed by atoms with van der Waals surface area (Å²) in [6, 6.07) is 3.74. The molecule has 0 aromatic heterocycles. The van der Waals surface area contributed by atoms with Crippen LogP contribution in [0.1, 0.15) is 24.9 Å². The predicted molar refractivity (Wildman–Crippen MR) is 53.4 cm³/mol. The summed E-state index contributed by atoms with van der Waals surface area (Å²) < 4.78 is 38.0. The summed E-state index contributed by atoms with van der Waals surface area (Å²) in [6.07, 6.45) is 0.376. The molecule has 1 aromatic rings. The number of halogens is 3. The summed E-state index contributed by atoms with van der Waals surface area (Å²) in [4.78, 5) is 0. The summed E-state index contributed by atoms with van der Waals surface area (Å²) in [5.74, 6) is -1.69. The topological polar surface area (TPSA) is 12.0 Å². The lowest BCUT2D eigenvalue weighted by atomic mass is 10.1. The molecule has 1 rings (SSSR count). The van der Waals surface area contributed by atoms with Crippen molar-refractivity contribution in [2.75, 3.05) is 13.2 Å². The summed E-state index contributed by atoms with van der Waals surface area (Å²) in [5.41, 5.74) is 0.272. The highest BCUT2D eigenvalue weighted by atomic mass is 19.2. The molecule has 1 aromatic carbocycles. The van der Waals surface area contributed by atoms with Gasteiger partial charge in [-0.05, 0) is 26.0 Å². The van der Waals surface area contributed by atoms with Gasteiger partial charge in [0, 0.05) is 11.6 Å². The largest absolute Gasteiger partial charge is 0.310 e. The van der Waals surface area contributed by atoms with Crippen LogP contribution in [0.4, 0.5) is 13.2 Å². The SMILES string of the molecule is CC(NCCCF)c1cccc(F)c1F. The van der Waals surface area contributed by atoms with Gasteiger partial charge in [-0.1, -0.05) is 12.1 Å². The predicted octanol–water partition coefficient (Wildman–Crippen LogP) is 2.98. The fraction of sp³-hybridized carbons (Fsp3) is 0.455. The van der Waals surface area contributed by atoms with Crippen LogP contribution in [-0.2, 0) is 0 Å². The maximum Gasteiger partial charge on any atom is 0.163 e. The van der Waals surface area contributed by atoms with E-state index in [1.54, 1.807) is 6.92 Å². The number of alkyl halides is 1. The van der Waals surface area contributed by atoms with E-state index in [0.29, 0.717) is 13.0 Å². The van der Waals surface area contributed by atoms with Crippen LogP contribution in [0.15, 0.2) is 18.2 Å². The molecule has 0 saturated heterocycles. The molecular formula is C11H14F3N. The van der Waals surface area contributed by atoms with Crippen LogP contribution in [0.25, 0.3) is 0 Å². The van der Waals surface area contributed by atoms with Crippen molar-refractivity contribution in [1.29, 1.82) is 0 Å². The van der Waals surface area contributed by atoms with Gasteiger partial charge < -0.3 is 5.32 Å². The fourth-order valence-corrected chi connectivity index (χ4v) is 1.35. The molecule has 0 saturated carbocycles. The Labute approximate surface area is 87.3 Å². The van der Waals surface area contributed by atoms with Gasteiger partial charge in [0.15, 0.2) is 11.6 Å². The molecule has 0 amide bonds. The first kappa shape index (κ1) is 12.0. The quantitative estimate of drug-likeness (QED) is 0.748. The zero-order valence-corrected chi connectivity index (χ0v) is 8.56. The van der Waals surface area contributed by atoms with Crippen LogP contribution in [0.2, 0.25) is 0 Å². The maximum absolute atomic E-state index is 13.3. The zero-order chi connectivity index (χ0) is 11.3. The fourth-order valence-electron chi connectivity index (χ4n) is 1.35. The lowest BCUT2D eigenvalue weighted by molar-refractivity contribution is 0.435. The van der Waals surface area contributed by atoms with Crippen molar-refractivity contribution in [1.82, 2.24) is 5.32 Å². The molecule has 4 heteroatoms. The van der Waals surface area contributed by atoms with Crippen molar-refractivity contribution in [2.24, 2.45) is 0 Å². The third-order valence-corrected chi connectivity index (χ3v) is 2.21. The standard InChI is InChI=1S/C11H14F3N/c1-8(15-7-3-6-12)9-4-2-5-10(13)11(9)14/h2,4-5,8,15H,3,6-7H2,1H3. The average molecular weight is 217 g/mol. The Kier molecular flexibility index (Phi) is 4.62. The Hall–Kier alpha value is -1.03. The minimum Gasteiger partial charge on any atom is -0.310 e. The van der Waals surface area contributed by atoms with E-state index in [1.807, 2.05) is 0 Å². The Balaban J connectivity index is 2.65. The van der Waals surface area contributed by atoms with Crippen LogP contribution >= 0.6 is 0 Å². The van der Waals surface area contributed by atoms with E-state index in [4.69, 9.17) is 0 Å². The van der Waals surface area contributed by atoms with Crippen LogP contribution in [0.5, 0.6) is 0 Å². The molecule has 1 atom stereocenters. The van der Waals surface area contributed by atoms with Gasteiger partial charge in [0.1, 0.15) is 0 Å². The summed E-state index contributed by atoms with van der Waals surface area (Å²) >= 11 is 0. The van der Waals surface area contributed by atoms with Crippen LogP contribution < -0.4 is 5.32 Å². The monoisotopic (exact) mass is 217 g/mol. The van der Waals surface area contributed by atoms with Crippen molar-refractivity contribution in [3.05, 3.63) is 35.4 Å². The molecule has 1 N–H and O–H groups in total. The number of hydrogen-bond donors (Lipinski definition) is 1. The van der Waals surface area contributed by atoms with Crippen molar-refractivity contribution >= 4 is 0 Å². The van der Waals surface area contributed by atoms with Crippen LogP contribution in [-0.4, -0.2) is 13.2 Å². The second kappa shape index (κ2) is 5.75. The lowest BCUT2D eigenvalue weighted by Gasteiger charge is -2.14. The minimum absolute atomic E-state index is 0.272. The molecule has 84 valence electrons. The van der Waals surface area contributed by atoms with Gasteiger partial charge >= 0.3 is 0 Å². The first-order valence-electron chi connectivity index (χ1n) is 4.90. The Morgan fingerprint density at radius 2 is 2.07 bits per heavy atom. The van der Waals surface area contributed by atoms with Gasteiger partial charge in [0.05, 0.1) is 6.67 Å². The highest BCUT2D eigenvalue weighted by Crippen LogP contribution is 2.18.